The Morgan fingerprint density at radius 1 is 1.12 bits per heavy atom. The third kappa shape index (κ3) is 3.26. The van der Waals surface area contributed by atoms with Crippen molar-refractivity contribution in [1.82, 2.24) is 9.97 Å². The van der Waals surface area contributed by atoms with E-state index in [1.165, 1.54) is 0 Å². The number of hydrogen-bond acceptors (Lipinski definition) is 4. The number of hydrogen-bond donors (Lipinski definition) is 2. The summed E-state index contributed by atoms with van der Waals surface area (Å²) in [6.07, 6.45) is 7.43. The predicted molar refractivity (Wildman–Crippen MR) is 66.3 cm³/mol. The summed E-state index contributed by atoms with van der Waals surface area (Å²) >= 11 is 0. The van der Waals surface area contributed by atoms with E-state index in [0.29, 0.717) is 18.5 Å². The highest BCUT2D eigenvalue weighted by molar-refractivity contribution is 5.44. The van der Waals surface area contributed by atoms with Gasteiger partial charge in [-0.25, -0.2) is 0 Å². The molecule has 0 aliphatic carbocycles. The monoisotopic (exact) mass is 229 g/mol. The normalized spacial score (nSPS) is 12.3. The molecule has 0 aromatic carbocycles. The van der Waals surface area contributed by atoms with Crippen LogP contribution in [0.2, 0.25) is 0 Å². The Morgan fingerprint density at radius 2 is 1.94 bits per heavy atom. The van der Waals surface area contributed by atoms with E-state index in [1.807, 2.05) is 12.1 Å². The van der Waals surface area contributed by atoms with Gasteiger partial charge in [-0.3, -0.25) is 9.97 Å². The van der Waals surface area contributed by atoms with Crippen molar-refractivity contribution in [3.8, 4) is 0 Å². The second-order valence-corrected chi connectivity index (χ2v) is 4.00. The quantitative estimate of drug-likeness (QED) is 0.826. The number of nitrogen functional groups attached to an aromatic ring is 1. The lowest BCUT2D eigenvalue weighted by molar-refractivity contribution is 0.175. The summed E-state index contributed by atoms with van der Waals surface area (Å²) in [4.78, 5) is 8.02. The molecule has 1 atom stereocenters. The molecule has 0 amide bonds. The highest BCUT2D eigenvalue weighted by Gasteiger charge is 2.09. The average Bonchev–Trinajstić information content (AvgIpc) is 2.33. The zero-order valence-electron chi connectivity index (χ0n) is 9.45. The van der Waals surface area contributed by atoms with Crippen molar-refractivity contribution < 1.29 is 5.11 Å². The first-order valence-electron chi connectivity index (χ1n) is 5.51. The van der Waals surface area contributed by atoms with Gasteiger partial charge >= 0.3 is 0 Å². The van der Waals surface area contributed by atoms with E-state index in [1.54, 1.807) is 30.9 Å². The summed E-state index contributed by atoms with van der Waals surface area (Å²) in [6, 6.07) is 5.55. The minimum Gasteiger partial charge on any atom is -0.398 e. The number of anilines is 1. The molecule has 2 aromatic rings. The predicted octanol–water partition coefficient (Wildman–Crippen LogP) is 1.20. The van der Waals surface area contributed by atoms with Crippen LogP contribution in [0.3, 0.4) is 0 Å². The summed E-state index contributed by atoms with van der Waals surface area (Å²) < 4.78 is 0. The van der Waals surface area contributed by atoms with E-state index in [0.717, 1.165) is 11.1 Å². The first-order chi connectivity index (χ1) is 8.25. The maximum Gasteiger partial charge on any atom is 0.0622 e. The molecule has 88 valence electrons. The second-order valence-electron chi connectivity index (χ2n) is 4.00. The fourth-order valence-electron chi connectivity index (χ4n) is 1.73. The van der Waals surface area contributed by atoms with Gasteiger partial charge in [0.25, 0.3) is 0 Å². The second kappa shape index (κ2) is 5.41. The van der Waals surface area contributed by atoms with Crippen molar-refractivity contribution in [3.05, 3.63) is 54.1 Å². The molecule has 0 saturated heterocycles. The lowest BCUT2D eigenvalue weighted by Crippen LogP contribution is -2.15. The van der Waals surface area contributed by atoms with Crippen LogP contribution in [0.15, 0.2) is 43.0 Å². The largest absolute Gasteiger partial charge is 0.398 e. The first-order valence-corrected chi connectivity index (χ1v) is 5.51. The topological polar surface area (TPSA) is 72.0 Å². The van der Waals surface area contributed by atoms with Crippen LogP contribution >= 0.6 is 0 Å². The lowest BCUT2D eigenvalue weighted by Gasteiger charge is -2.11. The first kappa shape index (κ1) is 11.5. The van der Waals surface area contributed by atoms with E-state index in [9.17, 15) is 5.11 Å². The van der Waals surface area contributed by atoms with Gasteiger partial charge in [0.05, 0.1) is 6.10 Å². The maximum atomic E-state index is 9.97. The molecule has 4 heteroatoms. The number of pyridine rings is 2. The highest BCUT2D eigenvalue weighted by atomic mass is 16.3. The molecule has 2 aromatic heterocycles. The van der Waals surface area contributed by atoms with E-state index >= 15 is 0 Å². The molecule has 0 spiro atoms. The van der Waals surface area contributed by atoms with Crippen molar-refractivity contribution in [3.63, 3.8) is 0 Å². The minimum atomic E-state index is -0.467. The molecule has 2 rings (SSSR count). The minimum absolute atomic E-state index is 0.467. The zero-order chi connectivity index (χ0) is 12.1. The van der Waals surface area contributed by atoms with Gasteiger partial charge in [0, 0.05) is 43.3 Å². The van der Waals surface area contributed by atoms with Gasteiger partial charge in [-0.15, -0.1) is 0 Å². The molecule has 17 heavy (non-hydrogen) atoms. The Bertz CT molecular complexity index is 473. The Balaban J connectivity index is 1.98. The molecule has 0 aliphatic rings. The van der Waals surface area contributed by atoms with E-state index in [4.69, 9.17) is 5.73 Å². The molecular weight excluding hydrogens is 214 g/mol. The fraction of sp³-hybridized carbons (Fsp3) is 0.231. The van der Waals surface area contributed by atoms with Crippen LogP contribution < -0.4 is 5.73 Å². The molecule has 4 nitrogen and oxygen atoms in total. The Kier molecular flexibility index (Phi) is 3.67. The molecule has 0 aliphatic heterocycles. The van der Waals surface area contributed by atoms with Crippen LogP contribution in [0.4, 0.5) is 5.69 Å². The molecule has 3 N–H and O–H groups in total. The molecule has 0 saturated carbocycles. The van der Waals surface area contributed by atoms with Crippen molar-refractivity contribution in [2.24, 2.45) is 0 Å². The lowest BCUT2D eigenvalue weighted by atomic mass is 10.0. The third-order valence-corrected chi connectivity index (χ3v) is 2.59. The van der Waals surface area contributed by atoms with Crippen molar-refractivity contribution in [1.29, 1.82) is 0 Å². The molecule has 1 unspecified atom stereocenters. The summed E-state index contributed by atoms with van der Waals surface area (Å²) in [6.45, 7) is 0. The van der Waals surface area contributed by atoms with Gasteiger partial charge in [0.1, 0.15) is 0 Å². The number of aromatic nitrogens is 2. The van der Waals surface area contributed by atoms with Crippen molar-refractivity contribution >= 4 is 5.69 Å². The zero-order valence-corrected chi connectivity index (χ0v) is 9.45. The van der Waals surface area contributed by atoms with E-state index in [-0.39, 0.29) is 0 Å². The molecule has 0 bridgehead atoms. The Morgan fingerprint density at radius 3 is 2.65 bits per heavy atom. The fourth-order valence-corrected chi connectivity index (χ4v) is 1.73. The molecule has 2 heterocycles. The SMILES string of the molecule is Nc1ccncc1CC(O)Cc1cccnc1. The summed E-state index contributed by atoms with van der Waals surface area (Å²) in [7, 11) is 0. The number of nitrogens with two attached hydrogens (primary N) is 1. The van der Waals surface area contributed by atoms with Gasteiger partial charge < -0.3 is 10.8 Å². The number of nitrogens with zero attached hydrogens (tertiary/aromatic N) is 2. The molecule has 0 fully saturated rings. The van der Waals surface area contributed by atoms with Gasteiger partial charge in [-0.1, -0.05) is 6.07 Å². The highest BCUT2D eigenvalue weighted by Crippen LogP contribution is 2.13. The van der Waals surface area contributed by atoms with Gasteiger partial charge in [-0.2, -0.15) is 0 Å². The summed E-state index contributed by atoms with van der Waals surface area (Å²) in [5.74, 6) is 0. The van der Waals surface area contributed by atoms with Crippen LogP contribution in [0, 0.1) is 0 Å². The average molecular weight is 229 g/mol. The van der Waals surface area contributed by atoms with Crippen LogP contribution in [-0.2, 0) is 12.8 Å². The van der Waals surface area contributed by atoms with Crippen LogP contribution in [0.25, 0.3) is 0 Å². The maximum absolute atomic E-state index is 9.97. The van der Waals surface area contributed by atoms with Crippen molar-refractivity contribution in [2.75, 3.05) is 5.73 Å². The van der Waals surface area contributed by atoms with Crippen molar-refractivity contribution in [2.45, 2.75) is 18.9 Å². The van der Waals surface area contributed by atoms with Crippen LogP contribution in [0.1, 0.15) is 11.1 Å². The third-order valence-electron chi connectivity index (χ3n) is 2.59. The Labute approximate surface area is 100 Å². The van der Waals surface area contributed by atoms with Gasteiger partial charge in [-0.05, 0) is 23.3 Å². The van der Waals surface area contributed by atoms with E-state index < -0.39 is 6.10 Å². The number of aliphatic hydroxyl groups excluding tert-OH is 1. The Hall–Kier alpha value is -1.94. The van der Waals surface area contributed by atoms with Crippen LogP contribution in [-0.4, -0.2) is 21.2 Å². The van der Waals surface area contributed by atoms with Gasteiger partial charge in [0.15, 0.2) is 0 Å². The molecule has 0 radical (unpaired) electrons. The number of rotatable bonds is 4. The molecular formula is C13H15N3O. The van der Waals surface area contributed by atoms with Gasteiger partial charge in [0.2, 0.25) is 0 Å². The summed E-state index contributed by atoms with van der Waals surface area (Å²) in [5.41, 5.74) is 8.37. The standard InChI is InChI=1S/C13H15N3O/c14-13-3-5-16-9-11(13)7-12(17)6-10-2-1-4-15-8-10/h1-5,8-9,12,17H,6-7H2,(H2,14,16). The van der Waals surface area contributed by atoms with E-state index in [2.05, 4.69) is 9.97 Å². The van der Waals surface area contributed by atoms with Crippen LogP contribution in [0.5, 0.6) is 0 Å². The summed E-state index contributed by atoms with van der Waals surface area (Å²) in [5, 5.41) is 9.97. The smallest absolute Gasteiger partial charge is 0.0622 e. The number of aliphatic hydroxyl groups is 1.